The SMILES string of the molecule is Cc1ccc(C2CC(c3cccs3)=NN2C(=O)Cn2c(-n3nc(C)cc3C)nc(C)c(C)c2=O)cc1. The number of rotatable bonds is 5. The average Bonchev–Trinajstić information content (AvgIpc) is 3.59. The third-order valence-corrected chi connectivity index (χ3v) is 7.46. The molecule has 1 amide bonds. The van der Waals surface area contributed by atoms with Crippen molar-refractivity contribution < 1.29 is 4.79 Å². The van der Waals surface area contributed by atoms with Crippen LogP contribution in [0, 0.1) is 34.6 Å². The van der Waals surface area contributed by atoms with E-state index in [1.54, 1.807) is 29.9 Å². The molecule has 0 spiro atoms. The fourth-order valence-corrected chi connectivity index (χ4v) is 5.19. The average molecular weight is 501 g/mol. The summed E-state index contributed by atoms with van der Waals surface area (Å²) in [5.74, 6) is 0.0534. The number of thiophene rings is 1. The van der Waals surface area contributed by atoms with E-state index >= 15 is 0 Å². The van der Waals surface area contributed by atoms with Crippen molar-refractivity contribution in [1.29, 1.82) is 0 Å². The van der Waals surface area contributed by atoms with Gasteiger partial charge >= 0.3 is 0 Å². The van der Waals surface area contributed by atoms with E-state index in [0.717, 1.165) is 33.1 Å². The Morgan fingerprint density at radius 2 is 1.83 bits per heavy atom. The van der Waals surface area contributed by atoms with Gasteiger partial charge in [-0.1, -0.05) is 35.9 Å². The summed E-state index contributed by atoms with van der Waals surface area (Å²) >= 11 is 1.60. The summed E-state index contributed by atoms with van der Waals surface area (Å²) in [6.07, 6.45) is 0.611. The highest BCUT2D eigenvalue weighted by molar-refractivity contribution is 7.12. The predicted octanol–water partition coefficient (Wildman–Crippen LogP) is 4.41. The summed E-state index contributed by atoms with van der Waals surface area (Å²) in [5, 5.41) is 12.8. The van der Waals surface area contributed by atoms with Crippen LogP contribution in [0.2, 0.25) is 0 Å². The molecule has 0 radical (unpaired) electrons. The zero-order valence-electron chi connectivity index (χ0n) is 21.0. The van der Waals surface area contributed by atoms with Crippen molar-refractivity contribution in [3.05, 3.63) is 96.8 Å². The monoisotopic (exact) mass is 500 g/mol. The molecule has 1 aliphatic rings. The first-order valence-electron chi connectivity index (χ1n) is 11.8. The summed E-state index contributed by atoms with van der Waals surface area (Å²) in [6.45, 7) is 9.16. The van der Waals surface area contributed by atoms with E-state index in [0.29, 0.717) is 23.6 Å². The van der Waals surface area contributed by atoms with E-state index in [1.807, 2.05) is 68.6 Å². The molecule has 0 N–H and O–H groups in total. The van der Waals surface area contributed by atoms with Crippen LogP contribution in [0.3, 0.4) is 0 Å². The van der Waals surface area contributed by atoms with Gasteiger partial charge in [-0.05, 0) is 57.7 Å². The first-order chi connectivity index (χ1) is 17.2. The van der Waals surface area contributed by atoms with Crippen molar-refractivity contribution in [2.75, 3.05) is 0 Å². The molecule has 8 nitrogen and oxygen atoms in total. The maximum Gasteiger partial charge on any atom is 0.263 e. The minimum absolute atomic E-state index is 0.190. The summed E-state index contributed by atoms with van der Waals surface area (Å²) in [4.78, 5) is 32.9. The van der Waals surface area contributed by atoms with E-state index in [4.69, 9.17) is 5.10 Å². The van der Waals surface area contributed by atoms with Crippen LogP contribution in [-0.2, 0) is 11.3 Å². The molecule has 1 atom stereocenters. The molecule has 5 rings (SSSR count). The number of hydrogen-bond acceptors (Lipinski definition) is 6. The van der Waals surface area contributed by atoms with Crippen molar-refractivity contribution in [2.45, 2.75) is 53.6 Å². The zero-order valence-corrected chi connectivity index (χ0v) is 21.8. The van der Waals surface area contributed by atoms with Crippen LogP contribution in [0.5, 0.6) is 0 Å². The summed E-state index contributed by atoms with van der Waals surface area (Å²) in [5.41, 5.74) is 5.53. The fraction of sp³-hybridized carbons (Fsp3) is 0.296. The first-order valence-corrected chi connectivity index (χ1v) is 12.7. The largest absolute Gasteiger partial charge is 0.271 e. The molecule has 1 aromatic carbocycles. The molecule has 4 aromatic rings. The van der Waals surface area contributed by atoms with E-state index in [-0.39, 0.29) is 24.1 Å². The molecule has 0 fully saturated rings. The minimum Gasteiger partial charge on any atom is -0.271 e. The van der Waals surface area contributed by atoms with E-state index in [1.165, 1.54) is 9.58 Å². The van der Waals surface area contributed by atoms with Crippen molar-refractivity contribution in [3.63, 3.8) is 0 Å². The van der Waals surface area contributed by atoms with Gasteiger partial charge in [-0.25, -0.2) is 14.7 Å². The van der Waals surface area contributed by atoms with Crippen LogP contribution in [0.4, 0.5) is 0 Å². The van der Waals surface area contributed by atoms with E-state index in [2.05, 4.69) is 10.1 Å². The first kappa shape index (κ1) is 23.9. The third-order valence-electron chi connectivity index (χ3n) is 6.54. The molecule has 0 bridgehead atoms. The molecular weight excluding hydrogens is 472 g/mol. The second kappa shape index (κ2) is 9.31. The van der Waals surface area contributed by atoms with Crippen LogP contribution in [0.25, 0.3) is 5.95 Å². The fourth-order valence-electron chi connectivity index (χ4n) is 4.47. The highest BCUT2D eigenvalue weighted by atomic mass is 32.1. The quantitative estimate of drug-likeness (QED) is 0.406. The second-order valence-electron chi connectivity index (χ2n) is 9.25. The number of benzene rings is 1. The molecule has 184 valence electrons. The molecule has 4 heterocycles. The Bertz CT molecular complexity index is 1530. The summed E-state index contributed by atoms with van der Waals surface area (Å²) in [6, 6.07) is 13.8. The van der Waals surface area contributed by atoms with Gasteiger partial charge in [0.25, 0.3) is 11.5 Å². The van der Waals surface area contributed by atoms with Crippen molar-refractivity contribution in [2.24, 2.45) is 5.10 Å². The van der Waals surface area contributed by atoms with Gasteiger partial charge in [0, 0.05) is 23.4 Å². The van der Waals surface area contributed by atoms with Crippen LogP contribution >= 0.6 is 11.3 Å². The van der Waals surface area contributed by atoms with Crippen molar-refractivity contribution in [1.82, 2.24) is 24.3 Å². The van der Waals surface area contributed by atoms with Crippen LogP contribution in [0.1, 0.15) is 51.1 Å². The molecule has 3 aromatic heterocycles. The predicted molar refractivity (Wildman–Crippen MR) is 141 cm³/mol. The van der Waals surface area contributed by atoms with E-state index < -0.39 is 0 Å². The normalized spacial score (nSPS) is 15.4. The Labute approximate surface area is 213 Å². The molecule has 0 saturated carbocycles. The van der Waals surface area contributed by atoms with Gasteiger partial charge in [0.1, 0.15) is 6.54 Å². The number of aromatic nitrogens is 4. The number of amides is 1. The second-order valence-corrected chi connectivity index (χ2v) is 10.2. The maximum atomic E-state index is 13.8. The topological polar surface area (TPSA) is 85.4 Å². The van der Waals surface area contributed by atoms with Gasteiger partial charge in [0.15, 0.2) is 0 Å². The lowest BCUT2D eigenvalue weighted by Gasteiger charge is -2.23. The Morgan fingerprint density at radius 1 is 1.08 bits per heavy atom. The van der Waals surface area contributed by atoms with Crippen molar-refractivity contribution in [3.8, 4) is 5.95 Å². The lowest BCUT2D eigenvalue weighted by atomic mass is 10.00. The maximum absolute atomic E-state index is 13.8. The molecule has 1 aliphatic heterocycles. The summed E-state index contributed by atoms with van der Waals surface area (Å²) < 4.78 is 3.03. The number of hydrazone groups is 1. The minimum atomic E-state index is -0.276. The number of carbonyl (C=O) groups is 1. The lowest BCUT2D eigenvalue weighted by Crippen LogP contribution is -2.37. The van der Waals surface area contributed by atoms with Gasteiger partial charge in [-0.15, -0.1) is 11.3 Å². The molecular formula is C27H28N6O2S. The van der Waals surface area contributed by atoms with E-state index in [9.17, 15) is 9.59 Å². The number of aryl methyl sites for hydroxylation is 4. The Kier molecular flexibility index (Phi) is 6.17. The molecule has 9 heteroatoms. The number of nitrogens with zero attached hydrogens (tertiary/aromatic N) is 6. The van der Waals surface area contributed by atoms with Gasteiger partial charge < -0.3 is 0 Å². The van der Waals surface area contributed by atoms with Gasteiger partial charge in [-0.3, -0.25) is 14.2 Å². The number of carbonyl (C=O) groups excluding carboxylic acids is 1. The molecule has 0 saturated heterocycles. The Hall–Kier alpha value is -3.85. The summed E-state index contributed by atoms with van der Waals surface area (Å²) in [7, 11) is 0. The standard InChI is InChI=1S/C27H28N6O2S/c1-16-8-10-21(11-9-16)23-14-22(24-7-6-12-36-24)30-33(23)25(34)15-31-26(35)19(4)20(5)28-27(31)32-18(3)13-17(2)29-32/h6-13,23H,14-15H2,1-5H3. The molecule has 0 aliphatic carbocycles. The highest BCUT2D eigenvalue weighted by Gasteiger charge is 2.34. The van der Waals surface area contributed by atoms with Crippen molar-refractivity contribution >= 4 is 23.0 Å². The van der Waals surface area contributed by atoms with Crippen LogP contribution in [0.15, 0.2) is 57.7 Å². The van der Waals surface area contributed by atoms with Crippen LogP contribution in [-0.4, -0.2) is 36.0 Å². The zero-order chi connectivity index (χ0) is 25.6. The lowest BCUT2D eigenvalue weighted by molar-refractivity contribution is -0.133. The van der Waals surface area contributed by atoms with Gasteiger partial charge in [0.05, 0.1) is 22.3 Å². The smallest absolute Gasteiger partial charge is 0.263 e. The van der Waals surface area contributed by atoms with Crippen LogP contribution < -0.4 is 5.56 Å². The number of hydrogen-bond donors (Lipinski definition) is 0. The van der Waals surface area contributed by atoms with Gasteiger partial charge in [0.2, 0.25) is 5.95 Å². The Balaban J connectivity index is 1.56. The van der Waals surface area contributed by atoms with Gasteiger partial charge in [-0.2, -0.15) is 10.2 Å². The third kappa shape index (κ3) is 4.30. The molecule has 36 heavy (non-hydrogen) atoms. The molecule has 1 unspecified atom stereocenters. The Morgan fingerprint density at radius 3 is 2.47 bits per heavy atom. The highest BCUT2D eigenvalue weighted by Crippen LogP contribution is 2.34.